The molecule has 30 heavy (non-hydrogen) atoms. The predicted molar refractivity (Wildman–Crippen MR) is 117 cm³/mol. The lowest BCUT2D eigenvalue weighted by atomic mass is 9.46. The predicted octanol–water partition coefficient (Wildman–Crippen LogP) is 5.33. The highest BCUT2D eigenvalue weighted by atomic mass is 16.4. The quantitative estimate of drug-likeness (QED) is 0.591. The normalized spacial score (nSPS) is 42.5. The molecule has 0 bridgehead atoms. The molecule has 0 unspecified atom stereocenters. The average molecular weight is 414 g/mol. The van der Waals surface area contributed by atoms with E-state index in [4.69, 9.17) is 0 Å². The lowest BCUT2D eigenvalue weighted by Gasteiger charge is -2.58. The third-order valence-electron chi connectivity index (χ3n) is 10.4. The van der Waals surface area contributed by atoms with Gasteiger partial charge in [-0.1, -0.05) is 46.1 Å². The van der Waals surface area contributed by atoms with Crippen molar-refractivity contribution in [2.75, 3.05) is 0 Å². The summed E-state index contributed by atoms with van der Waals surface area (Å²) in [6.07, 6.45) is 14.5. The van der Waals surface area contributed by atoms with Gasteiger partial charge in [0.15, 0.2) is 5.78 Å². The van der Waals surface area contributed by atoms with Gasteiger partial charge in [0.1, 0.15) is 0 Å². The number of hydrogen-bond donors (Lipinski definition) is 0. The number of fused-ring (bicyclic) bond motifs is 5. The minimum Gasteiger partial charge on any atom is -0.550 e. The number of hydrogen-bond acceptors (Lipinski definition) is 3. The molecule has 168 valence electrons. The molecular weight excluding hydrogens is 372 g/mol. The minimum atomic E-state index is -0.905. The van der Waals surface area contributed by atoms with Crippen LogP contribution in [0.4, 0.5) is 0 Å². The first kappa shape index (κ1) is 22.1. The highest BCUT2D eigenvalue weighted by molar-refractivity contribution is 5.91. The van der Waals surface area contributed by atoms with Crippen molar-refractivity contribution >= 4 is 11.8 Å². The van der Waals surface area contributed by atoms with Crippen LogP contribution < -0.4 is 5.11 Å². The first-order valence-electron chi connectivity index (χ1n) is 12.6. The van der Waals surface area contributed by atoms with Crippen molar-refractivity contribution in [3.8, 4) is 0 Å². The number of carbonyl (C=O) groups excluding carboxylic acids is 2. The summed E-state index contributed by atoms with van der Waals surface area (Å²) < 4.78 is 0. The van der Waals surface area contributed by atoms with Crippen LogP contribution in [-0.4, -0.2) is 11.8 Å². The van der Waals surface area contributed by atoms with E-state index >= 15 is 0 Å². The third kappa shape index (κ3) is 3.58. The van der Waals surface area contributed by atoms with Gasteiger partial charge >= 0.3 is 0 Å². The Kier molecular flexibility index (Phi) is 5.96. The van der Waals surface area contributed by atoms with Crippen LogP contribution >= 0.6 is 0 Å². The number of allylic oxidation sites excluding steroid dienone is 1. The maximum atomic E-state index is 12.0. The summed E-state index contributed by atoms with van der Waals surface area (Å²) in [5.74, 6) is 3.00. The van der Waals surface area contributed by atoms with Crippen LogP contribution in [0.2, 0.25) is 0 Å². The molecule has 4 aliphatic rings. The van der Waals surface area contributed by atoms with E-state index in [9.17, 15) is 14.7 Å². The van der Waals surface area contributed by atoms with Gasteiger partial charge in [-0.25, -0.2) is 0 Å². The Bertz CT molecular complexity index is 724. The van der Waals surface area contributed by atoms with Gasteiger partial charge in [-0.15, -0.1) is 0 Å². The largest absolute Gasteiger partial charge is 0.550 e. The Morgan fingerprint density at radius 2 is 1.83 bits per heavy atom. The number of carboxylic acid groups (broad SMARTS) is 1. The van der Waals surface area contributed by atoms with Crippen LogP contribution in [0.3, 0.4) is 0 Å². The average Bonchev–Trinajstić information content (AvgIpc) is 3.05. The second-order valence-corrected chi connectivity index (χ2v) is 11.8. The molecule has 0 amide bonds. The smallest absolute Gasteiger partial charge is 0.155 e. The molecule has 4 rings (SSSR count). The summed E-state index contributed by atoms with van der Waals surface area (Å²) in [5.41, 5.74) is 2.18. The molecule has 8 atom stereocenters. The topological polar surface area (TPSA) is 57.2 Å². The summed E-state index contributed by atoms with van der Waals surface area (Å²) in [6, 6.07) is 0. The van der Waals surface area contributed by atoms with Crippen molar-refractivity contribution in [1.82, 2.24) is 0 Å². The Balaban J connectivity index is 1.44. The van der Waals surface area contributed by atoms with E-state index in [-0.39, 0.29) is 11.3 Å². The molecule has 4 aliphatic carbocycles. The fourth-order valence-electron chi connectivity index (χ4n) is 8.60. The number of ketones is 1. The third-order valence-corrected chi connectivity index (χ3v) is 10.4. The zero-order chi connectivity index (χ0) is 21.7. The Morgan fingerprint density at radius 3 is 2.57 bits per heavy atom. The lowest BCUT2D eigenvalue weighted by Crippen LogP contribution is -2.50. The fraction of sp³-hybridized carbons (Fsp3) is 0.852. The van der Waals surface area contributed by atoms with Crippen LogP contribution in [0.15, 0.2) is 11.6 Å². The van der Waals surface area contributed by atoms with Crippen molar-refractivity contribution in [3.05, 3.63) is 11.6 Å². The summed E-state index contributed by atoms with van der Waals surface area (Å²) >= 11 is 0. The van der Waals surface area contributed by atoms with Gasteiger partial charge in [-0.2, -0.15) is 0 Å². The first-order valence-corrected chi connectivity index (χ1v) is 12.6. The zero-order valence-corrected chi connectivity index (χ0v) is 19.5. The number of rotatable bonds is 6. The summed E-state index contributed by atoms with van der Waals surface area (Å²) in [4.78, 5) is 23.0. The monoisotopic (exact) mass is 413 g/mol. The van der Waals surface area contributed by atoms with Crippen molar-refractivity contribution in [3.63, 3.8) is 0 Å². The van der Waals surface area contributed by atoms with Gasteiger partial charge in [0.05, 0.1) is 0 Å². The summed E-state index contributed by atoms with van der Waals surface area (Å²) in [7, 11) is 0. The van der Waals surface area contributed by atoms with E-state index < -0.39 is 5.97 Å². The maximum absolute atomic E-state index is 12.0. The van der Waals surface area contributed by atoms with Crippen LogP contribution in [0.1, 0.15) is 98.3 Å². The molecule has 0 spiro atoms. The Hall–Kier alpha value is -1.12. The molecule has 0 aromatic rings. The SMILES string of the molecule is C[C@H](CCC[C@@H](C)[C@H]1CC[C@H]2[C@@H]3CCC4=CC(=O)CC[C@]4(C)[C@H]3CC[C@]12C)C(=O)[O-]. The molecule has 3 nitrogen and oxygen atoms in total. The molecule has 0 aromatic carbocycles. The van der Waals surface area contributed by atoms with Crippen LogP contribution in [0.25, 0.3) is 0 Å². The highest BCUT2D eigenvalue weighted by Crippen LogP contribution is 2.67. The van der Waals surface area contributed by atoms with E-state index in [1.165, 1.54) is 37.7 Å². The van der Waals surface area contributed by atoms with Crippen molar-refractivity contribution < 1.29 is 14.7 Å². The number of aliphatic carboxylic acids is 1. The fourth-order valence-corrected chi connectivity index (χ4v) is 8.60. The molecule has 0 aromatic heterocycles. The molecule has 3 heteroatoms. The van der Waals surface area contributed by atoms with Gasteiger partial charge in [0, 0.05) is 12.4 Å². The van der Waals surface area contributed by atoms with Crippen molar-refractivity contribution in [1.29, 1.82) is 0 Å². The molecule has 0 heterocycles. The zero-order valence-electron chi connectivity index (χ0n) is 19.5. The molecule has 0 saturated heterocycles. The molecule has 3 saturated carbocycles. The minimum absolute atomic E-state index is 0.267. The second-order valence-electron chi connectivity index (χ2n) is 11.8. The summed E-state index contributed by atoms with van der Waals surface area (Å²) in [6.45, 7) is 9.26. The van der Waals surface area contributed by atoms with E-state index in [2.05, 4.69) is 20.8 Å². The van der Waals surface area contributed by atoms with Gasteiger partial charge in [-0.05, 0) is 104 Å². The number of carbonyl (C=O) groups is 2. The van der Waals surface area contributed by atoms with Gasteiger partial charge < -0.3 is 9.90 Å². The lowest BCUT2D eigenvalue weighted by molar-refractivity contribution is -0.311. The molecular formula is C27H41O3-. The highest BCUT2D eigenvalue weighted by Gasteiger charge is 2.59. The van der Waals surface area contributed by atoms with Crippen LogP contribution in [0.5, 0.6) is 0 Å². The molecule has 0 N–H and O–H groups in total. The van der Waals surface area contributed by atoms with Gasteiger partial charge in [0.2, 0.25) is 0 Å². The Morgan fingerprint density at radius 1 is 1.07 bits per heavy atom. The number of carboxylic acids is 1. The van der Waals surface area contributed by atoms with Crippen LogP contribution in [-0.2, 0) is 9.59 Å². The maximum Gasteiger partial charge on any atom is 0.155 e. The summed E-state index contributed by atoms with van der Waals surface area (Å²) in [5, 5.41) is 11.0. The Labute approximate surface area is 183 Å². The van der Waals surface area contributed by atoms with E-state index in [1.807, 2.05) is 6.08 Å². The standard InChI is InChI=1S/C27H42O3/c1-17(6-5-7-18(2)25(29)30)22-10-11-23-21-9-8-19-16-20(28)12-14-26(19,3)24(21)13-15-27(22,23)4/h16-18,21-24H,5-15H2,1-4H3,(H,29,30)/p-1/t17-,18-,21+,22-,23+,24+,26+,27-/m1/s1. The second kappa shape index (κ2) is 8.10. The molecule has 0 radical (unpaired) electrons. The molecule has 0 aliphatic heterocycles. The van der Waals surface area contributed by atoms with E-state index in [0.717, 1.165) is 62.2 Å². The van der Waals surface area contributed by atoms with Crippen molar-refractivity contribution in [2.45, 2.75) is 98.3 Å². The van der Waals surface area contributed by atoms with Gasteiger partial charge in [0.25, 0.3) is 0 Å². The van der Waals surface area contributed by atoms with Gasteiger partial charge in [-0.3, -0.25) is 4.79 Å². The van der Waals surface area contributed by atoms with E-state index in [0.29, 0.717) is 17.1 Å². The first-order chi connectivity index (χ1) is 14.2. The van der Waals surface area contributed by atoms with E-state index in [1.54, 1.807) is 6.92 Å². The molecule has 3 fully saturated rings. The van der Waals surface area contributed by atoms with Crippen LogP contribution in [0, 0.1) is 46.3 Å². The van der Waals surface area contributed by atoms with Crippen molar-refractivity contribution in [2.24, 2.45) is 46.3 Å².